The van der Waals surface area contributed by atoms with Crippen LogP contribution in [-0.2, 0) is 11.2 Å². The predicted octanol–water partition coefficient (Wildman–Crippen LogP) is 1.53. The minimum Gasteiger partial charge on any atom is -0.481 e. The van der Waals surface area contributed by atoms with Crippen molar-refractivity contribution in [3.05, 3.63) is 35.6 Å². The fourth-order valence-corrected chi connectivity index (χ4v) is 1.80. The summed E-state index contributed by atoms with van der Waals surface area (Å²) in [7, 11) is 1.87. The number of aliphatic carboxylic acids is 1. The topological polar surface area (TPSA) is 60.8 Å². The fraction of sp³-hybridized carbons (Fsp3) is 0.500. The molecule has 0 amide bonds. The first-order valence-electron chi connectivity index (χ1n) is 6.30. The van der Waals surface area contributed by atoms with E-state index in [1.807, 2.05) is 11.9 Å². The smallest absolute Gasteiger partial charge is 0.303 e. The van der Waals surface area contributed by atoms with E-state index in [4.69, 9.17) is 5.11 Å². The summed E-state index contributed by atoms with van der Waals surface area (Å²) < 4.78 is 12.7. The molecule has 0 spiro atoms. The van der Waals surface area contributed by atoms with E-state index in [1.165, 1.54) is 12.1 Å². The maximum absolute atomic E-state index is 12.7. The quantitative estimate of drug-likeness (QED) is 0.751. The third-order valence-corrected chi connectivity index (χ3v) is 2.91. The Bertz CT molecular complexity index is 394. The number of carboxylic acid groups (broad SMARTS) is 1. The fourth-order valence-electron chi connectivity index (χ4n) is 1.80. The van der Waals surface area contributed by atoms with Gasteiger partial charge in [0.2, 0.25) is 0 Å². The molecule has 1 aromatic carbocycles. The zero-order valence-corrected chi connectivity index (χ0v) is 11.1. The number of likely N-dealkylation sites (N-methyl/N-ethyl adjacent to an activating group) is 1. The summed E-state index contributed by atoms with van der Waals surface area (Å²) in [5.41, 5.74) is 1.04. The first-order valence-corrected chi connectivity index (χ1v) is 6.30. The van der Waals surface area contributed by atoms with Gasteiger partial charge in [-0.2, -0.15) is 0 Å². The molecular weight excluding hydrogens is 249 g/mol. The van der Waals surface area contributed by atoms with E-state index in [0.717, 1.165) is 18.5 Å². The van der Waals surface area contributed by atoms with Crippen molar-refractivity contribution in [3.63, 3.8) is 0 Å². The third-order valence-electron chi connectivity index (χ3n) is 2.91. The van der Waals surface area contributed by atoms with Crippen LogP contribution in [0.25, 0.3) is 0 Å². The Morgan fingerprint density at radius 1 is 1.37 bits per heavy atom. The van der Waals surface area contributed by atoms with Gasteiger partial charge in [-0.25, -0.2) is 4.39 Å². The van der Waals surface area contributed by atoms with Crippen LogP contribution in [0.5, 0.6) is 0 Å². The Labute approximate surface area is 112 Å². The van der Waals surface area contributed by atoms with E-state index < -0.39 is 12.1 Å². The summed E-state index contributed by atoms with van der Waals surface area (Å²) in [6.07, 6.45) is 0.375. The molecular formula is C14H20FNO3. The summed E-state index contributed by atoms with van der Waals surface area (Å²) in [5, 5.41) is 18.2. The normalized spacial score (nSPS) is 12.6. The lowest BCUT2D eigenvalue weighted by atomic mass is 10.1. The predicted molar refractivity (Wildman–Crippen MR) is 70.5 cm³/mol. The van der Waals surface area contributed by atoms with Crippen molar-refractivity contribution in [1.82, 2.24) is 4.90 Å². The van der Waals surface area contributed by atoms with Gasteiger partial charge in [0.15, 0.2) is 0 Å². The molecule has 0 radical (unpaired) electrons. The van der Waals surface area contributed by atoms with Gasteiger partial charge in [-0.15, -0.1) is 0 Å². The van der Waals surface area contributed by atoms with Crippen molar-refractivity contribution in [2.75, 3.05) is 20.1 Å². The number of rotatable bonds is 8. The zero-order valence-electron chi connectivity index (χ0n) is 11.1. The molecule has 1 unspecified atom stereocenters. The van der Waals surface area contributed by atoms with Gasteiger partial charge in [0.25, 0.3) is 0 Å². The first-order chi connectivity index (χ1) is 8.97. The first kappa shape index (κ1) is 15.6. The van der Waals surface area contributed by atoms with Gasteiger partial charge in [-0.3, -0.25) is 4.79 Å². The van der Waals surface area contributed by atoms with Gasteiger partial charge in [-0.05, 0) is 37.6 Å². The van der Waals surface area contributed by atoms with Crippen molar-refractivity contribution < 1.29 is 19.4 Å². The van der Waals surface area contributed by atoms with E-state index in [0.29, 0.717) is 6.54 Å². The molecule has 0 aliphatic rings. The second kappa shape index (κ2) is 7.86. The van der Waals surface area contributed by atoms with Crippen molar-refractivity contribution in [2.24, 2.45) is 0 Å². The van der Waals surface area contributed by atoms with Crippen LogP contribution in [0.15, 0.2) is 24.3 Å². The lowest BCUT2D eigenvalue weighted by molar-refractivity contribution is -0.137. The lowest BCUT2D eigenvalue weighted by Gasteiger charge is -2.20. The van der Waals surface area contributed by atoms with Crippen LogP contribution < -0.4 is 0 Å². The summed E-state index contributed by atoms with van der Waals surface area (Å²) in [4.78, 5) is 12.3. The molecule has 0 heterocycles. The Morgan fingerprint density at radius 3 is 2.58 bits per heavy atom. The molecule has 0 aliphatic carbocycles. The Hall–Kier alpha value is -1.46. The Kier molecular flexibility index (Phi) is 6.45. The molecule has 4 nitrogen and oxygen atoms in total. The van der Waals surface area contributed by atoms with E-state index in [9.17, 15) is 14.3 Å². The van der Waals surface area contributed by atoms with E-state index in [-0.39, 0.29) is 18.7 Å². The summed E-state index contributed by atoms with van der Waals surface area (Å²) >= 11 is 0. The standard InChI is InChI=1S/C14H20FNO3/c1-16(10-13(17)6-7-14(18)19)9-8-11-2-4-12(15)5-3-11/h2-5,13,17H,6-10H2,1H3,(H,18,19). The van der Waals surface area contributed by atoms with Crippen LogP contribution in [0.3, 0.4) is 0 Å². The molecule has 0 saturated heterocycles. The summed E-state index contributed by atoms with van der Waals surface area (Å²) in [6, 6.07) is 6.34. The average molecular weight is 269 g/mol. The van der Waals surface area contributed by atoms with E-state index in [1.54, 1.807) is 12.1 Å². The molecule has 19 heavy (non-hydrogen) atoms. The Morgan fingerprint density at radius 2 is 2.00 bits per heavy atom. The van der Waals surface area contributed by atoms with Crippen molar-refractivity contribution in [2.45, 2.75) is 25.4 Å². The van der Waals surface area contributed by atoms with Crippen LogP contribution in [0.4, 0.5) is 4.39 Å². The van der Waals surface area contributed by atoms with Crippen LogP contribution in [0, 0.1) is 5.82 Å². The third kappa shape index (κ3) is 6.88. The number of carboxylic acids is 1. The molecule has 0 aromatic heterocycles. The van der Waals surface area contributed by atoms with Crippen LogP contribution in [0.1, 0.15) is 18.4 Å². The minimum atomic E-state index is -0.895. The van der Waals surface area contributed by atoms with Gasteiger partial charge in [0.05, 0.1) is 6.10 Å². The van der Waals surface area contributed by atoms with Gasteiger partial charge < -0.3 is 15.1 Å². The highest BCUT2D eigenvalue weighted by Crippen LogP contribution is 2.05. The molecule has 106 valence electrons. The van der Waals surface area contributed by atoms with Crippen LogP contribution >= 0.6 is 0 Å². The SMILES string of the molecule is CN(CCc1ccc(F)cc1)CC(O)CCC(=O)O. The minimum absolute atomic E-state index is 0.0209. The number of halogens is 1. The number of nitrogens with zero attached hydrogens (tertiary/aromatic N) is 1. The highest BCUT2D eigenvalue weighted by molar-refractivity contribution is 5.66. The van der Waals surface area contributed by atoms with Gasteiger partial charge in [0.1, 0.15) is 5.82 Å². The number of benzene rings is 1. The maximum atomic E-state index is 12.7. The highest BCUT2D eigenvalue weighted by Gasteiger charge is 2.10. The molecule has 0 saturated carbocycles. The monoisotopic (exact) mass is 269 g/mol. The molecule has 0 bridgehead atoms. The van der Waals surface area contributed by atoms with Gasteiger partial charge in [-0.1, -0.05) is 12.1 Å². The van der Waals surface area contributed by atoms with E-state index in [2.05, 4.69) is 0 Å². The number of hydrogen-bond acceptors (Lipinski definition) is 3. The van der Waals surface area contributed by atoms with Gasteiger partial charge in [0, 0.05) is 19.5 Å². The van der Waals surface area contributed by atoms with E-state index >= 15 is 0 Å². The highest BCUT2D eigenvalue weighted by atomic mass is 19.1. The largest absolute Gasteiger partial charge is 0.481 e. The molecule has 1 rings (SSSR count). The molecule has 0 fully saturated rings. The van der Waals surface area contributed by atoms with Crippen LogP contribution in [0.2, 0.25) is 0 Å². The number of carbonyl (C=O) groups is 1. The lowest BCUT2D eigenvalue weighted by Crippen LogP contribution is -2.31. The molecule has 1 aromatic rings. The van der Waals surface area contributed by atoms with Crippen molar-refractivity contribution in [1.29, 1.82) is 0 Å². The second-order valence-electron chi connectivity index (χ2n) is 4.72. The number of aliphatic hydroxyl groups excluding tert-OH is 1. The maximum Gasteiger partial charge on any atom is 0.303 e. The summed E-state index contributed by atoms with van der Waals surface area (Å²) in [6.45, 7) is 1.17. The number of hydrogen-bond donors (Lipinski definition) is 2. The molecule has 5 heteroatoms. The Balaban J connectivity index is 2.25. The molecule has 1 atom stereocenters. The zero-order chi connectivity index (χ0) is 14.3. The van der Waals surface area contributed by atoms with Gasteiger partial charge >= 0.3 is 5.97 Å². The van der Waals surface area contributed by atoms with Crippen LogP contribution in [-0.4, -0.2) is 47.3 Å². The summed E-state index contributed by atoms with van der Waals surface area (Å²) in [5.74, 6) is -1.14. The number of aliphatic hydroxyl groups is 1. The molecule has 0 aliphatic heterocycles. The second-order valence-corrected chi connectivity index (χ2v) is 4.72. The molecule has 2 N–H and O–H groups in total. The van der Waals surface area contributed by atoms with Crippen molar-refractivity contribution in [3.8, 4) is 0 Å². The van der Waals surface area contributed by atoms with Crippen molar-refractivity contribution >= 4 is 5.97 Å². The average Bonchev–Trinajstić information content (AvgIpc) is 2.36.